The van der Waals surface area contributed by atoms with Crippen LogP contribution in [0.15, 0.2) is 30.5 Å². The van der Waals surface area contributed by atoms with Gasteiger partial charge in [0.2, 0.25) is 0 Å². The highest BCUT2D eigenvalue weighted by atomic mass is 16.1. The van der Waals surface area contributed by atoms with E-state index in [1.165, 1.54) is 0 Å². The molecule has 1 heterocycles. The zero-order chi connectivity index (χ0) is 13.4. The first-order valence-corrected chi connectivity index (χ1v) is 6.77. The second kappa shape index (κ2) is 4.65. The predicted octanol–water partition coefficient (Wildman–Crippen LogP) is 3.12. The van der Waals surface area contributed by atoms with E-state index in [9.17, 15) is 9.59 Å². The number of fused-ring (bicyclic) bond motifs is 1. The van der Waals surface area contributed by atoms with E-state index in [4.69, 9.17) is 0 Å². The molecule has 0 spiro atoms. The van der Waals surface area contributed by atoms with E-state index in [2.05, 4.69) is 0 Å². The van der Waals surface area contributed by atoms with Gasteiger partial charge in [0.25, 0.3) is 0 Å². The molecule has 0 N–H and O–H groups in total. The van der Waals surface area contributed by atoms with Crippen LogP contribution in [0.1, 0.15) is 36.0 Å². The quantitative estimate of drug-likeness (QED) is 0.773. The first-order valence-electron chi connectivity index (χ1n) is 6.77. The molecule has 0 unspecified atom stereocenters. The Morgan fingerprint density at radius 1 is 1.21 bits per heavy atom. The van der Waals surface area contributed by atoms with Crippen molar-refractivity contribution < 1.29 is 9.59 Å². The normalized spacial score (nSPS) is 17.0. The van der Waals surface area contributed by atoms with Crippen LogP contribution < -0.4 is 0 Å². The van der Waals surface area contributed by atoms with Crippen molar-refractivity contribution in [3.8, 4) is 0 Å². The van der Waals surface area contributed by atoms with E-state index in [-0.39, 0.29) is 11.7 Å². The molecule has 3 rings (SSSR count). The third-order valence-electron chi connectivity index (χ3n) is 4.08. The number of para-hydroxylation sites is 1. The van der Waals surface area contributed by atoms with Crippen molar-refractivity contribution in [1.82, 2.24) is 4.57 Å². The molecule has 1 aliphatic carbocycles. The highest BCUT2D eigenvalue weighted by Crippen LogP contribution is 2.29. The number of aryl methyl sites for hydroxylation is 1. The fourth-order valence-electron chi connectivity index (χ4n) is 2.96. The van der Waals surface area contributed by atoms with Crippen LogP contribution in [-0.4, -0.2) is 16.1 Å². The summed E-state index contributed by atoms with van der Waals surface area (Å²) in [5.74, 6) is 0.509. The van der Waals surface area contributed by atoms with Gasteiger partial charge < -0.3 is 4.57 Å². The summed E-state index contributed by atoms with van der Waals surface area (Å²) in [4.78, 5) is 23.9. The third kappa shape index (κ3) is 2.09. The summed E-state index contributed by atoms with van der Waals surface area (Å²) < 4.78 is 2.00. The molecule has 0 amide bonds. The molecule has 3 nitrogen and oxygen atoms in total. The van der Waals surface area contributed by atoms with E-state index >= 15 is 0 Å². The summed E-state index contributed by atoms with van der Waals surface area (Å²) in [5, 5.41) is 1.02. The lowest BCUT2D eigenvalue weighted by Crippen LogP contribution is -2.21. The Hall–Kier alpha value is -1.90. The summed E-state index contributed by atoms with van der Waals surface area (Å²) >= 11 is 0. The standard InChI is InChI=1S/C16H17NO2/c1-17-10-14(13-4-2-3-5-15(13)17)16(19)11-6-8-12(18)9-7-11/h2-5,10-11H,6-9H2,1H3. The summed E-state index contributed by atoms with van der Waals surface area (Å²) in [6.45, 7) is 0. The molecule has 2 aromatic rings. The third-order valence-corrected chi connectivity index (χ3v) is 4.08. The lowest BCUT2D eigenvalue weighted by atomic mass is 9.83. The van der Waals surface area contributed by atoms with E-state index in [0.29, 0.717) is 31.5 Å². The van der Waals surface area contributed by atoms with Crippen molar-refractivity contribution >= 4 is 22.5 Å². The van der Waals surface area contributed by atoms with Gasteiger partial charge in [-0.25, -0.2) is 0 Å². The number of hydrogen-bond donors (Lipinski definition) is 0. The van der Waals surface area contributed by atoms with Crippen molar-refractivity contribution in [3.63, 3.8) is 0 Å². The number of nitrogens with zero attached hydrogens (tertiary/aromatic N) is 1. The maximum Gasteiger partial charge on any atom is 0.168 e. The van der Waals surface area contributed by atoms with Gasteiger partial charge in [0.15, 0.2) is 5.78 Å². The Kier molecular flexibility index (Phi) is 2.97. The lowest BCUT2D eigenvalue weighted by molar-refractivity contribution is -0.120. The van der Waals surface area contributed by atoms with Crippen LogP contribution in [0.25, 0.3) is 10.9 Å². The summed E-state index contributed by atoms with van der Waals surface area (Å²) in [6.07, 6.45) is 4.45. The van der Waals surface area contributed by atoms with Gasteiger partial charge in [0, 0.05) is 48.5 Å². The Labute approximate surface area is 112 Å². The molecule has 0 bridgehead atoms. The molecule has 0 atom stereocenters. The molecule has 1 aromatic carbocycles. The molecule has 1 aliphatic rings. The molecule has 98 valence electrons. The summed E-state index contributed by atoms with van der Waals surface area (Å²) in [5.41, 5.74) is 1.88. The first kappa shape index (κ1) is 12.2. The van der Waals surface area contributed by atoms with E-state index in [1.807, 2.05) is 42.1 Å². The molecule has 0 aliphatic heterocycles. The van der Waals surface area contributed by atoms with Gasteiger partial charge in [0.05, 0.1) is 0 Å². The Morgan fingerprint density at radius 3 is 2.63 bits per heavy atom. The van der Waals surface area contributed by atoms with Gasteiger partial charge in [-0.05, 0) is 18.9 Å². The molecule has 19 heavy (non-hydrogen) atoms. The molecule has 1 fully saturated rings. The SMILES string of the molecule is Cn1cc(C(=O)C2CCC(=O)CC2)c2ccccc21. The Balaban J connectivity index is 1.96. The van der Waals surface area contributed by atoms with E-state index in [0.717, 1.165) is 16.5 Å². The molecule has 1 saturated carbocycles. The average Bonchev–Trinajstić information content (AvgIpc) is 2.77. The van der Waals surface area contributed by atoms with Gasteiger partial charge in [-0.1, -0.05) is 18.2 Å². The highest BCUT2D eigenvalue weighted by molar-refractivity contribution is 6.09. The first-order chi connectivity index (χ1) is 9.16. The van der Waals surface area contributed by atoms with Gasteiger partial charge in [-0.15, -0.1) is 0 Å². The van der Waals surface area contributed by atoms with Crippen molar-refractivity contribution in [1.29, 1.82) is 0 Å². The fraction of sp³-hybridized carbons (Fsp3) is 0.375. The van der Waals surface area contributed by atoms with Gasteiger partial charge in [-0.3, -0.25) is 9.59 Å². The Morgan fingerprint density at radius 2 is 1.89 bits per heavy atom. The van der Waals surface area contributed by atoms with Gasteiger partial charge in [-0.2, -0.15) is 0 Å². The van der Waals surface area contributed by atoms with Crippen LogP contribution in [-0.2, 0) is 11.8 Å². The minimum absolute atomic E-state index is 0.0171. The monoisotopic (exact) mass is 255 g/mol. The predicted molar refractivity (Wildman–Crippen MR) is 74.2 cm³/mol. The minimum Gasteiger partial charge on any atom is -0.350 e. The van der Waals surface area contributed by atoms with Gasteiger partial charge >= 0.3 is 0 Å². The van der Waals surface area contributed by atoms with Crippen LogP contribution in [0.5, 0.6) is 0 Å². The summed E-state index contributed by atoms with van der Waals surface area (Å²) in [6, 6.07) is 7.96. The second-order valence-electron chi connectivity index (χ2n) is 5.35. The van der Waals surface area contributed by atoms with Crippen molar-refractivity contribution in [2.45, 2.75) is 25.7 Å². The van der Waals surface area contributed by atoms with Crippen LogP contribution in [0.3, 0.4) is 0 Å². The van der Waals surface area contributed by atoms with E-state index in [1.54, 1.807) is 0 Å². The smallest absolute Gasteiger partial charge is 0.168 e. The van der Waals surface area contributed by atoms with E-state index < -0.39 is 0 Å². The molecule has 0 radical (unpaired) electrons. The van der Waals surface area contributed by atoms with Gasteiger partial charge in [0.1, 0.15) is 5.78 Å². The maximum atomic E-state index is 12.6. The topological polar surface area (TPSA) is 39.1 Å². The maximum absolute atomic E-state index is 12.6. The fourth-order valence-corrected chi connectivity index (χ4v) is 2.96. The zero-order valence-electron chi connectivity index (χ0n) is 11.1. The second-order valence-corrected chi connectivity index (χ2v) is 5.35. The number of carbonyl (C=O) groups excluding carboxylic acids is 2. The van der Waals surface area contributed by atoms with Crippen LogP contribution in [0.4, 0.5) is 0 Å². The highest BCUT2D eigenvalue weighted by Gasteiger charge is 2.27. The molecular formula is C16H17NO2. The Bertz CT molecular complexity index is 644. The van der Waals surface area contributed by atoms with Crippen molar-refractivity contribution in [2.24, 2.45) is 13.0 Å². The molecule has 0 saturated heterocycles. The van der Waals surface area contributed by atoms with Crippen LogP contribution in [0, 0.1) is 5.92 Å². The lowest BCUT2D eigenvalue weighted by Gasteiger charge is -2.19. The number of aromatic nitrogens is 1. The van der Waals surface area contributed by atoms with Crippen molar-refractivity contribution in [3.05, 3.63) is 36.0 Å². The number of rotatable bonds is 2. The van der Waals surface area contributed by atoms with Crippen LogP contribution >= 0.6 is 0 Å². The minimum atomic E-state index is 0.0171. The molecule has 1 aromatic heterocycles. The number of carbonyl (C=O) groups is 2. The summed E-state index contributed by atoms with van der Waals surface area (Å²) in [7, 11) is 1.96. The zero-order valence-corrected chi connectivity index (χ0v) is 11.1. The average molecular weight is 255 g/mol. The largest absolute Gasteiger partial charge is 0.350 e. The number of benzene rings is 1. The van der Waals surface area contributed by atoms with Crippen LogP contribution in [0.2, 0.25) is 0 Å². The number of Topliss-reactive ketones (excluding diaryl/α,β-unsaturated/α-hetero) is 2. The number of ketones is 2. The molecular weight excluding hydrogens is 238 g/mol. The molecule has 3 heteroatoms. The number of hydrogen-bond acceptors (Lipinski definition) is 2. The van der Waals surface area contributed by atoms with Crippen molar-refractivity contribution in [2.75, 3.05) is 0 Å².